The van der Waals surface area contributed by atoms with Gasteiger partial charge < -0.3 is 10.1 Å². The zero-order chi connectivity index (χ0) is 21.2. The third kappa shape index (κ3) is 4.46. The number of carbonyl (C=O) groups excluding carboxylic acids is 1. The zero-order valence-electron chi connectivity index (χ0n) is 17.4. The van der Waals surface area contributed by atoms with Gasteiger partial charge in [-0.2, -0.15) is 4.31 Å². The second kappa shape index (κ2) is 8.55. The number of ether oxygens (including phenoxy) is 1. The molecule has 29 heavy (non-hydrogen) atoms. The summed E-state index contributed by atoms with van der Waals surface area (Å²) < 4.78 is 32.9. The number of amides is 1. The van der Waals surface area contributed by atoms with Crippen LogP contribution in [-0.2, 0) is 14.8 Å². The van der Waals surface area contributed by atoms with Crippen molar-refractivity contribution < 1.29 is 17.9 Å². The van der Waals surface area contributed by atoms with E-state index in [1.54, 1.807) is 25.3 Å². The molecule has 0 aliphatic carbocycles. The summed E-state index contributed by atoms with van der Waals surface area (Å²) in [4.78, 5) is 13.1. The molecule has 1 aliphatic rings. The van der Waals surface area contributed by atoms with Crippen LogP contribution < -0.4 is 10.1 Å². The van der Waals surface area contributed by atoms with Crippen LogP contribution in [0.4, 0.5) is 5.69 Å². The fourth-order valence-corrected chi connectivity index (χ4v) is 5.27. The lowest BCUT2D eigenvalue weighted by Gasteiger charge is -2.31. The summed E-state index contributed by atoms with van der Waals surface area (Å²) >= 11 is 0. The first-order valence-electron chi connectivity index (χ1n) is 9.76. The number of hydrogen-bond acceptors (Lipinski definition) is 4. The Morgan fingerprint density at radius 3 is 2.59 bits per heavy atom. The van der Waals surface area contributed by atoms with Crippen molar-refractivity contribution in [2.75, 3.05) is 25.5 Å². The smallest absolute Gasteiger partial charge is 0.243 e. The van der Waals surface area contributed by atoms with Gasteiger partial charge in [0.15, 0.2) is 0 Å². The molecule has 3 rings (SSSR count). The molecule has 1 aliphatic heterocycles. The van der Waals surface area contributed by atoms with Crippen LogP contribution in [0.2, 0.25) is 0 Å². The van der Waals surface area contributed by atoms with Gasteiger partial charge in [-0.3, -0.25) is 4.79 Å². The van der Waals surface area contributed by atoms with E-state index in [9.17, 15) is 13.2 Å². The molecule has 156 valence electrons. The molecule has 0 radical (unpaired) electrons. The molecule has 0 unspecified atom stereocenters. The minimum Gasteiger partial charge on any atom is -0.496 e. The van der Waals surface area contributed by atoms with E-state index in [0.717, 1.165) is 22.4 Å². The first kappa shape index (κ1) is 21.3. The number of nitrogens with one attached hydrogen (secondary N) is 1. The summed E-state index contributed by atoms with van der Waals surface area (Å²) in [7, 11) is -2.11. The first-order chi connectivity index (χ1) is 13.7. The second-order valence-electron chi connectivity index (χ2n) is 7.57. The minimum absolute atomic E-state index is 0.135. The maximum absolute atomic E-state index is 13.1. The number of nitrogens with zero attached hydrogens (tertiary/aromatic N) is 1. The van der Waals surface area contributed by atoms with Crippen LogP contribution in [0.15, 0.2) is 41.3 Å². The van der Waals surface area contributed by atoms with Crippen LogP contribution in [0.3, 0.4) is 0 Å². The number of sulfonamides is 1. The van der Waals surface area contributed by atoms with E-state index >= 15 is 0 Å². The monoisotopic (exact) mass is 416 g/mol. The second-order valence-corrected chi connectivity index (χ2v) is 9.51. The number of anilines is 1. The van der Waals surface area contributed by atoms with Crippen LogP contribution >= 0.6 is 0 Å². The zero-order valence-corrected chi connectivity index (χ0v) is 18.2. The Hall–Kier alpha value is -2.38. The molecule has 2 aromatic carbocycles. The number of rotatable bonds is 5. The fourth-order valence-electron chi connectivity index (χ4n) is 3.66. The SMILES string of the molecule is COc1ccc(S(=O)(=O)N2CCC[C@@H](C(=O)Nc3cccc(C)c3C)C2)cc1C. The van der Waals surface area contributed by atoms with Crippen molar-refractivity contribution in [1.29, 1.82) is 0 Å². The Kier molecular flexibility index (Phi) is 6.29. The van der Waals surface area contributed by atoms with Crippen molar-refractivity contribution in [3.05, 3.63) is 53.1 Å². The molecule has 0 aromatic heterocycles. The summed E-state index contributed by atoms with van der Waals surface area (Å²) in [6.07, 6.45) is 1.32. The lowest BCUT2D eigenvalue weighted by atomic mass is 9.98. The molecule has 1 atom stereocenters. The molecule has 0 spiro atoms. The average molecular weight is 417 g/mol. The van der Waals surface area contributed by atoms with Gasteiger partial charge in [-0.1, -0.05) is 12.1 Å². The number of piperidine rings is 1. The maximum Gasteiger partial charge on any atom is 0.243 e. The van der Waals surface area contributed by atoms with Crippen LogP contribution in [-0.4, -0.2) is 38.8 Å². The van der Waals surface area contributed by atoms with Gasteiger partial charge in [0, 0.05) is 18.8 Å². The van der Waals surface area contributed by atoms with Crippen molar-refractivity contribution in [2.24, 2.45) is 5.92 Å². The van der Waals surface area contributed by atoms with Crippen LogP contribution in [0.25, 0.3) is 0 Å². The highest BCUT2D eigenvalue weighted by Crippen LogP contribution is 2.28. The molecule has 1 fully saturated rings. The van der Waals surface area contributed by atoms with Crippen molar-refractivity contribution in [3.63, 3.8) is 0 Å². The predicted molar refractivity (Wildman–Crippen MR) is 114 cm³/mol. The highest BCUT2D eigenvalue weighted by atomic mass is 32.2. The Morgan fingerprint density at radius 2 is 1.90 bits per heavy atom. The Morgan fingerprint density at radius 1 is 1.14 bits per heavy atom. The molecule has 7 heteroatoms. The first-order valence-corrected chi connectivity index (χ1v) is 11.2. The van der Waals surface area contributed by atoms with Gasteiger partial charge in [0.25, 0.3) is 0 Å². The van der Waals surface area contributed by atoms with Crippen molar-refractivity contribution in [2.45, 2.75) is 38.5 Å². The predicted octanol–water partition coefficient (Wildman–Crippen LogP) is 3.66. The third-order valence-corrected chi connectivity index (χ3v) is 7.48. The molecule has 0 bridgehead atoms. The normalized spacial score (nSPS) is 17.7. The van der Waals surface area contributed by atoms with Crippen LogP contribution in [0.5, 0.6) is 5.75 Å². The summed E-state index contributed by atoms with van der Waals surface area (Å²) in [5, 5.41) is 2.98. The number of hydrogen-bond donors (Lipinski definition) is 1. The molecule has 1 heterocycles. The molecule has 1 saturated heterocycles. The fraction of sp³-hybridized carbons (Fsp3) is 0.409. The highest BCUT2D eigenvalue weighted by Gasteiger charge is 2.33. The summed E-state index contributed by atoms with van der Waals surface area (Å²) in [5.74, 6) is 0.135. The highest BCUT2D eigenvalue weighted by molar-refractivity contribution is 7.89. The Bertz CT molecular complexity index is 1020. The quantitative estimate of drug-likeness (QED) is 0.807. The Balaban J connectivity index is 1.76. The molecule has 1 amide bonds. The third-order valence-electron chi connectivity index (χ3n) is 5.62. The number of aryl methyl sites for hydroxylation is 2. The summed E-state index contributed by atoms with van der Waals surface area (Å²) in [5.41, 5.74) is 3.66. The summed E-state index contributed by atoms with van der Waals surface area (Å²) in [6, 6.07) is 10.6. The average Bonchev–Trinajstić information content (AvgIpc) is 2.71. The lowest BCUT2D eigenvalue weighted by Crippen LogP contribution is -2.43. The van der Waals surface area contributed by atoms with Crippen molar-refractivity contribution in [1.82, 2.24) is 4.31 Å². The van der Waals surface area contributed by atoms with Gasteiger partial charge in [-0.25, -0.2) is 8.42 Å². The van der Waals surface area contributed by atoms with Gasteiger partial charge in [0.05, 0.1) is 17.9 Å². The molecular weight excluding hydrogens is 388 g/mol. The van der Waals surface area contributed by atoms with E-state index in [-0.39, 0.29) is 23.3 Å². The van der Waals surface area contributed by atoms with Crippen LogP contribution in [0.1, 0.15) is 29.5 Å². The maximum atomic E-state index is 13.1. The van der Waals surface area contributed by atoms with E-state index in [1.807, 2.05) is 39.0 Å². The van der Waals surface area contributed by atoms with E-state index in [1.165, 1.54) is 4.31 Å². The van der Waals surface area contributed by atoms with Gasteiger partial charge in [0.1, 0.15) is 5.75 Å². The van der Waals surface area contributed by atoms with Crippen molar-refractivity contribution in [3.8, 4) is 5.75 Å². The van der Waals surface area contributed by atoms with E-state index in [2.05, 4.69) is 5.32 Å². The van der Waals surface area contributed by atoms with E-state index in [4.69, 9.17) is 4.74 Å². The molecule has 2 aromatic rings. The van der Waals surface area contributed by atoms with E-state index in [0.29, 0.717) is 25.1 Å². The lowest BCUT2D eigenvalue weighted by molar-refractivity contribution is -0.120. The largest absolute Gasteiger partial charge is 0.496 e. The minimum atomic E-state index is -3.67. The van der Waals surface area contributed by atoms with Gasteiger partial charge in [-0.15, -0.1) is 0 Å². The van der Waals surface area contributed by atoms with Gasteiger partial charge in [0.2, 0.25) is 15.9 Å². The number of benzene rings is 2. The van der Waals surface area contributed by atoms with Gasteiger partial charge in [-0.05, 0) is 74.6 Å². The standard InChI is InChI=1S/C22H28N2O4S/c1-15-7-5-9-20(17(15)3)23-22(25)18-8-6-12-24(14-18)29(26,27)19-10-11-21(28-4)16(2)13-19/h5,7,9-11,13,18H,6,8,12,14H2,1-4H3,(H,23,25)/t18-/m1/s1. The Labute approximate surface area is 172 Å². The molecule has 0 saturated carbocycles. The van der Waals surface area contributed by atoms with E-state index < -0.39 is 10.0 Å². The molecule has 6 nitrogen and oxygen atoms in total. The number of carbonyl (C=O) groups is 1. The molecular formula is C22H28N2O4S. The van der Waals surface area contributed by atoms with Crippen molar-refractivity contribution >= 4 is 21.6 Å². The van der Waals surface area contributed by atoms with Gasteiger partial charge >= 0.3 is 0 Å². The number of methoxy groups -OCH3 is 1. The topological polar surface area (TPSA) is 75.7 Å². The van der Waals surface area contributed by atoms with Crippen LogP contribution in [0, 0.1) is 26.7 Å². The molecule has 1 N–H and O–H groups in total. The summed E-state index contributed by atoms with van der Waals surface area (Å²) in [6.45, 7) is 6.38.